The van der Waals surface area contributed by atoms with Crippen molar-refractivity contribution in [3.8, 4) is 5.69 Å². The van der Waals surface area contributed by atoms with Crippen LogP contribution in [0.4, 0.5) is 0 Å². The quantitative estimate of drug-likeness (QED) is 0.360. The van der Waals surface area contributed by atoms with Gasteiger partial charge < -0.3 is 4.57 Å². The zero-order valence-corrected chi connectivity index (χ0v) is 18.6. The number of rotatable bonds is 4. The Morgan fingerprint density at radius 3 is 2.39 bits per heavy atom. The molecule has 0 unspecified atom stereocenters. The molecule has 7 heteroatoms. The first kappa shape index (κ1) is 21.0. The maximum atomic E-state index is 13.2. The fourth-order valence-electron chi connectivity index (χ4n) is 3.68. The molecule has 0 atom stereocenters. The lowest BCUT2D eigenvalue weighted by Gasteiger charge is -2.29. The highest BCUT2D eigenvalue weighted by Gasteiger charge is 2.33. The number of aryl methyl sites for hydroxylation is 1. The molecule has 0 bridgehead atoms. The molecule has 1 aliphatic rings. The highest BCUT2D eigenvalue weighted by molar-refractivity contribution is 7.80. The number of benzene rings is 2. The van der Waals surface area contributed by atoms with Crippen LogP contribution in [-0.2, 0) is 16.1 Å². The second-order valence-corrected chi connectivity index (χ2v) is 8.16. The van der Waals surface area contributed by atoms with Crippen molar-refractivity contribution in [2.24, 2.45) is 0 Å². The third kappa shape index (κ3) is 4.17. The number of hydrogen-bond donors (Lipinski definition) is 1. The first-order valence-corrected chi connectivity index (χ1v) is 10.5. The van der Waals surface area contributed by atoms with Gasteiger partial charge in [-0.3, -0.25) is 19.8 Å². The van der Waals surface area contributed by atoms with Crippen molar-refractivity contribution in [3.05, 3.63) is 93.8 Å². The Morgan fingerprint density at radius 2 is 1.71 bits per heavy atom. The number of hydrogen-bond acceptors (Lipinski definition) is 3. The van der Waals surface area contributed by atoms with Crippen molar-refractivity contribution in [1.29, 1.82) is 0 Å². The first-order chi connectivity index (χ1) is 14.8. The van der Waals surface area contributed by atoms with E-state index in [4.69, 9.17) is 23.8 Å². The van der Waals surface area contributed by atoms with Gasteiger partial charge in [0, 0.05) is 22.1 Å². The van der Waals surface area contributed by atoms with Gasteiger partial charge in [0.2, 0.25) is 0 Å². The molecule has 1 aliphatic heterocycles. The van der Waals surface area contributed by atoms with Gasteiger partial charge in [0.05, 0.1) is 6.54 Å². The van der Waals surface area contributed by atoms with Crippen LogP contribution < -0.4 is 5.32 Å². The molecule has 2 heterocycles. The Kier molecular flexibility index (Phi) is 5.76. The number of halogens is 1. The largest absolute Gasteiger partial charge is 0.318 e. The molecule has 5 nitrogen and oxygen atoms in total. The molecular weight excluding hydrogens is 430 g/mol. The second kappa shape index (κ2) is 8.49. The Morgan fingerprint density at radius 1 is 1.03 bits per heavy atom. The summed E-state index contributed by atoms with van der Waals surface area (Å²) in [5, 5.41) is 3.41. The second-order valence-electron chi connectivity index (χ2n) is 7.33. The van der Waals surface area contributed by atoms with Crippen LogP contribution in [-0.4, -0.2) is 26.4 Å². The number of thiocarbonyl (C=S) groups is 1. The Balaban J connectivity index is 1.69. The number of amides is 2. The summed E-state index contributed by atoms with van der Waals surface area (Å²) < 4.78 is 2.06. The van der Waals surface area contributed by atoms with Crippen LogP contribution in [0.5, 0.6) is 0 Å². The number of nitrogens with zero attached hydrogens (tertiary/aromatic N) is 2. The van der Waals surface area contributed by atoms with E-state index in [0.29, 0.717) is 11.6 Å². The van der Waals surface area contributed by atoms with Crippen molar-refractivity contribution < 1.29 is 9.59 Å². The van der Waals surface area contributed by atoms with E-state index in [9.17, 15) is 9.59 Å². The van der Waals surface area contributed by atoms with E-state index in [0.717, 1.165) is 28.2 Å². The van der Waals surface area contributed by atoms with Gasteiger partial charge in [-0.15, -0.1) is 0 Å². The molecule has 31 heavy (non-hydrogen) atoms. The van der Waals surface area contributed by atoms with Crippen molar-refractivity contribution in [1.82, 2.24) is 14.8 Å². The van der Waals surface area contributed by atoms with Crippen molar-refractivity contribution in [2.75, 3.05) is 0 Å². The summed E-state index contributed by atoms with van der Waals surface area (Å²) in [6, 6.07) is 19.0. The van der Waals surface area contributed by atoms with Crippen LogP contribution in [0.1, 0.15) is 22.5 Å². The molecule has 2 aromatic carbocycles. The molecular formula is C24H20ClN3O2S. The maximum Gasteiger partial charge on any atom is 0.265 e. The molecule has 1 saturated heterocycles. The minimum Gasteiger partial charge on any atom is -0.318 e. The van der Waals surface area contributed by atoms with E-state index in [-0.39, 0.29) is 10.7 Å². The molecule has 0 radical (unpaired) electrons. The van der Waals surface area contributed by atoms with Crippen LogP contribution in [0.25, 0.3) is 11.8 Å². The van der Waals surface area contributed by atoms with Gasteiger partial charge in [-0.05, 0) is 73.6 Å². The number of carbonyl (C=O) groups is 2. The number of nitrogens with one attached hydrogen (secondary N) is 1. The molecule has 3 aromatic rings. The lowest BCUT2D eigenvalue weighted by Crippen LogP contribution is -2.53. The van der Waals surface area contributed by atoms with Gasteiger partial charge in [-0.1, -0.05) is 41.9 Å². The minimum absolute atomic E-state index is 0.0564. The molecule has 1 fully saturated rings. The van der Waals surface area contributed by atoms with E-state index in [2.05, 4.69) is 9.88 Å². The average molecular weight is 450 g/mol. The predicted molar refractivity (Wildman–Crippen MR) is 126 cm³/mol. The standard InChI is InChI=1S/C24H20ClN3O2S/c1-15-12-18(16(2)28(15)20-10-8-19(25)9-11-20)13-21-22(29)26-24(31)27(23(21)30)14-17-6-4-3-5-7-17/h3-13H,14H2,1-2H3,(H,26,29,31). The fourth-order valence-corrected chi connectivity index (χ4v) is 4.05. The summed E-state index contributed by atoms with van der Waals surface area (Å²) in [5.74, 6) is -0.899. The van der Waals surface area contributed by atoms with E-state index in [1.165, 1.54) is 4.90 Å². The van der Waals surface area contributed by atoms with Crippen molar-refractivity contribution >= 4 is 46.8 Å². The fraction of sp³-hybridized carbons (Fsp3) is 0.125. The highest BCUT2D eigenvalue weighted by atomic mass is 35.5. The molecule has 2 amide bonds. The van der Waals surface area contributed by atoms with Crippen LogP contribution >= 0.6 is 23.8 Å². The van der Waals surface area contributed by atoms with E-state index in [1.807, 2.05) is 74.5 Å². The van der Waals surface area contributed by atoms with E-state index in [1.54, 1.807) is 6.08 Å². The molecule has 156 valence electrons. The summed E-state index contributed by atoms with van der Waals surface area (Å²) in [7, 11) is 0. The number of aromatic nitrogens is 1. The topological polar surface area (TPSA) is 54.3 Å². The van der Waals surface area contributed by atoms with Crippen molar-refractivity contribution in [2.45, 2.75) is 20.4 Å². The summed E-state index contributed by atoms with van der Waals surface area (Å²) in [4.78, 5) is 27.2. The van der Waals surface area contributed by atoms with Crippen molar-refractivity contribution in [3.63, 3.8) is 0 Å². The molecule has 0 spiro atoms. The SMILES string of the molecule is Cc1cc(C=C2C(=O)NC(=S)N(Cc3ccccc3)C2=O)c(C)n1-c1ccc(Cl)cc1. The summed E-state index contributed by atoms with van der Waals surface area (Å²) in [6.45, 7) is 4.22. The molecule has 4 rings (SSSR count). The zero-order valence-electron chi connectivity index (χ0n) is 17.1. The minimum atomic E-state index is -0.490. The lowest BCUT2D eigenvalue weighted by atomic mass is 10.1. The highest BCUT2D eigenvalue weighted by Crippen LogP contribution is 2.25. The van der Waals surface area contributed by atoms with Gasteiger partial charge in [0.15, 0.2) is 5.11 Å². The Bertz CT molecular complexity index is 1210. The van der Waals surface area contributed by atoms with Crippen LogP contribution in [0, 0.1) is 13.8 Å². The smallest absolute Gasteiger partial charge is 0.265 e. The summed E-state index contributed by atoms with van der Waals surface area (Å²) >= 11 is 11.3. The average Bonchev–Trinajstić information content (AvgIpc) is 3.03. The van der Waals surface area contributed by atoms with E-state index < -0.39 is 11.8 Å². The monoisotopic (exact) mass is 449 g/mol. The van der Waals surface area contributed by atoms with Crippen LogP contribution in [0.3, 0.4) is 0 Å². The van der Waals surface area contributed by atoms with Crippen LogP contribution in [0.2, 0.25) is 5.02 Å². The first-order valence-electron chi connectivity index (χ1n) is 9.73. The maximum absolute atomic E-state index is 13.2. The van der Waals surface area contributed by atoms with Crippen LogP contribution in [0.15, 0.2) is 66.2 Å². The molecule has 0 aliphatic carbocycles. The third-order valence-electron chi connectivity index (χ3n) is 5.22. The van der Waals surface area contributed by atoms with Gasteiger partial charge >= 0.3 is 0 Å². The normalized spacial score (nSPS) is 15.5. The zero-order chi connectivity index (χ0) is 22.1. The molecule has 0 saturated carbocycles. The van der Waals surface area contributed by atoms with E-state index >= 15 is 0 Å². The number of carbonyl (C=O) groups excluding carboxylic acids is 2. The summed E-state index contributed by atoms with van der Waals surface area (Å²) in [5.41, 5.74) is 4.62. The molecule has 1 N–H and O–H groups in total. The predicted octanol–water partition coefficient (Wildman–Crippen LogP) is 4.57. The van der Waals surface area contributed by atoms with Gasteiger partial charge in [-0.25, -0.2) is 0 Å². The summed E-state index contributed by atoms with van der Waals surface area (Å²) in [6.07, 6.45) is 1.63. The Labute approximate surface area is 190 Å². The van der Waals surface area contributed by atoms with Gasteiger partial charge in [0.25, 0.3) is 11.8 Å². The molecule has 1 aromatic heterocycles. The van der Waals surface area contributed by atoms with Gasteiger partial charge in [0.1, 0.15) is 5.57 Å². The third-order valence-corrected chi connectivity index (χ3v) is 5.80. The lowest BCUT2D eigenvalue weighted by molar-refractivity contribution is -0.129. The van der Waals surface area contributed by atoms with Gasteiger partial charge in [-0.2, -0.15) is 0 Å². The Hall–Kier alpha value is -3.22.